The quantitative estimate of drug-likeness (QED) is 0.0254. The summed E-state index contributed by atoms with van der Waals surface area (Å²) in [4.78, 5) is 193. The van der Waals surface area contributed by atoms with Gasteiger partial charge in [-0.2, -0.15) is 11.8 Å². The van der Waals surface area contributed by atoms with Crippen LogP contribution < -0.4 is 53.2 Å². The zero-order valence-electron chi connectivity index (χ0n) is 52.4. The van der Waals surface area contributed by atoms with Gasteiger partial charge in [-0.25, -0.2) is 13.2 Å². The van der Waals surface area contributed by atoms with Crippen LogP contribution in [0.2, 0.25) is 0 Å². The second-order valence-electron chi connectivity index (χ2n) is 24.4. The van der Waals surface area contributed by atoms with E-state index in [1.165, 1.54) is 6.92 Å². The molecule has 0 aromatic carbocycles. The molecule has 4 aliphatic carbocycles. The number of amides is 10. The van der Waals surface area contributed by atoms with Gasteiger partial charge in [0.25, 0.3) is 0 Å². The minimum atomic E-state index is -4.24. The number of sulfone groups is 1. The highest BCUT2D eigenvalue weighted by Crippen LogP contribution is 2.60. The number of hydrogen-bond donors (Lipinski definition) is 19. The van der Waals surface area contributed by atoms with Crippen LogP contribution in [0.25, 0.3) is 0 Å². The number of carboxylic acid groups (broad SMARTS) is 5. The van der Waals surface area contributed by atoms with Crippen molar-refractivity contribution >= 4 is 111 Å². The van der Waals surface area contributed by atoms with Gasteiger partial charge in [0.15, 0.2) is 16.1 Å². The third-order valence-electron chi connectivity index (χ3n) is 16.7. The maximum Gasteiger partial charge on any atom is 0.327 e. The van der Waals surface area contributed by atoms with Gasteiger partial charge in [0.1, 0.15) is 84.5 Å². The number of carbonyl (C=O) groups is 15. The number of ether oxygens (including phenoxy) is 1. The summed E-state index contributed by atoms with van der Waals surface area (Å²) < 4.78 is 30.3. The van der Waals surface area contributed by atoms with Crippen LogP contribution in [0.4, 0.5) is 0 Å². The highest BCUT2D eigenvalue weighted by molar-refractivity contribution is 8.00. The van der Waals surface area contributed by atoms with E-state index in [-0.39, 0.29) is 18.1 Å². The second kappa shape index (κ2) is 36.3. The number of carboxylic acids is 5. The number of carbonyl (C=O) groups excluding carboxylic acids is 10. The first-order valence-electron chi connectivity index (χ1n) is 30.6. The summed E-state index contributed by atoms with van der Waals surface area (Å²) in [5.41, 5.74) is -0.713. The lowest BCUT2D eigenvalue weighted by atomic mass is 9.49. The molecule has 0 radical (unpaired) electrons. The number of aliphatic hydroxyl groups is 4. The van der Waals surface area contributed by atoms with E-state index < -0.39 is 252 Å². The summed E-state index contributed by atoms with van der Waals surface area (Å²) in [5, 5.41) is 110. The minimum Gasteiger partial charge on any atom is -0.481 e. The van der Waals surface area contributed by atoms with Gasteiger partial charge >= 0.3 is 29.8 Å². The van der Waals surface area contributed by atoms with Crippen molar-refractivity contribution in [1.82, 2.24) is 53.2 Å². The molecule has 37 nitrogen and oxygen atoms in total. The molecule has 1 aliphatic heterocycles. The summed E-state index contributed by atoms with van der Waals surface area (Å²) in [7, 11) is -4.24. The average Bonchev–Trinajstić information content (AvgIpc) is 0.743. The van der Waals surface area contributed by atoms with Crippen LogP contribution in [0.5, 0.6) is 0 Å². The van der Waals surface area contributed by atoms with E-state index in [4.69, 9.17) is 4.74 Å². The molecule has 0 aromatic heterocycles. The molecule has 39 heteroatoms. The first-order chi connectivity index (χ1) is 44.3. The lowest BCUT2D eigenvalue weighted by Gasteiger charge is -2.55. The van der Waals surface area contributed by atoms with Crippen LogP contribution in [-0.4, -0.2) is 258 Å². The maximum atomic E-state index is 13.9. The largest absolute Gasteiger partial charge is 0.481 e. The number of hydrogen-bond acceptors (Lipinski definition) is 23. The van der Waals surface area contributed by atoms with E-state index >= 15 is 0 Å². The number of aliphatic hydroxyl groups excluding tert-OH is 4. The molecule has 0 spiro atoms. The van der Waals surface area contributed by atoms with Crippen molar-refractivity contribution in [2.45, 2.75) is 203 Å². The normalized spacial score (nSPS) is 24.7. The zero-order valence-corrected chi connectivity index (χ0v) is 54.1. The molecule has 1 heterocycles. The van der Waals surface area contributed by atoms with Crippen molar-refractivity contribution < 1.29 is 131 Å². The lowest BCUT2D eigenvalue weighted by molar-refractivity contribution is -0.253. The van der Waals surface area contributed by atoms with E-state index in [0.29, 0.717) is 48.8 Å². The summed E-state index contributed by atoms with van der Waals surface area (Å²) in [5.74, 6) is -19.4. The van der Waals surface area contributed by atoms with Gasteiger partial charge in [-0.05, 0) is 110 Å². The van der Waals surface area contributed by atoms with Gasteiger partial charge in [-0.3, -0.25) is 67.1 Å². The highest BCUT2D eigenvalue weighted by atomic mass is 32.2. The van der Waals surface area contributed by atoms with E-state index in [1.54, 1.807) is 0 Å². The summed E-state index contributed by atoms with van der Waals surface area (Å²) in [6.07, 6.45) is -6.93. The van der Waals surface area contributed by atoms with Crippen molar-refractivity contribution in [3.63, 3.8) is 0 Å². The smallest absolute Gasteiger partial charge is 0.327 e. The molecule has 4 bridgehead atoms. The molecule has 0 aromatic rings. The molecule has 10 amide bonds. The van der Waals surface area contributed by atoms with Crippen LogP contribution >= 0.6 is 11.8 Å². The van der Waals surface area contributed by atoms with Crippen LogP contribution in [0.15, 0.2) is 0 Å². The van der Waals surface area contributed by atoms with Crippen LogP contribution in [0.3, 0.4) is 0 Å². The summed E-state index contributed by atoms with van der Waals surface area (Å²) in [6.45, 7) is 3.64. The zero-order chi connectivity index (χ0) is 71.4. The Morgan fingerprint density at radius 2 is 0.821 bits per heavy atom. The lowest BCUT2D eigenvalue weighted by Crippen LogP contribution is -2.64. The third-order valence-corrected chi connectivity index (χ3v) is 19.5. The van der Waals surface area contributed by atoms with Gasteiger partial charge in [0, 0.05) is 42.6 Å². The molecule has 95 heavy (non-hydrogen) atoms. The molecule has 5 fully saturated rings. The predicted molar refractivity (Wildman–Crippen MR) is 324 cm³/mol. The second-order valence-corrected chi connectivity index (χ2v) is 27.8. The van der Waals surface area contributed by atoms with Crippen molar-refractivity contribution in [3.8, 4) is 0 Å². The number of rotatable bonds is 40. The first-order valence-corrected chi connectivity index (χ1v) is 33.5. The molecule has 5 rings (SSSR count). The Kier molecular flexibility index (Phi) is 30.4. The Morgan fingerprint density at radius 1 is 0.484 bits per heavy atom. The highest BCUT2D eigenvalue weighted by Gasteiger charge is 2.55. The predicted octanol–water partition coefficient (Wildman–Crippen LogP) is -6.75. The Bertz CT molecular complexity index is 2940. The molecule has 11 unspecified atom stereocenters. The fourth-order valence-electron chi connectivity index (χ4n) is 11.9. The Morgan fingerprint density at radius 3 is 1.15 bits per heavy atom. The van der Waals surface area contributed by atoms with E-state index in [2.05, 4.69) is 47.9 Å². The fourth-order valence-corrected chi connectivity index (χ4v) is 14.6. The molecular formula is C56H86N10O27S2. The third kappa shape index (κ3) is 25.0. The van der Waals surface area contributed by atoms with Gasteiger partial charge in [-0.15, -0.1) is 0 Å². The Labute approximate surface area is 548 Å². The molecule has 14 atom stereocenters. The van der Waals surface area contributed by atoms with Gasteiger partial charge in [0.2, 0.25) is 59.1 Å². The summed E-state index contributed by atoms with van der Waals surface area (Å²) in [6, 6.07) is -16.4. The van der Waals surface area contributed by atoms with Crippen molar-refractivity contribution in [3.05, 3.63) is 0 Å². The first kappa shape index (κ1) is 79.6. The van der Waals surface area contributed by atoms with Crippen LogP contribution in [-0.2, 0) is 86.5 Å². The van der Waals surface area contributed by atoms with Crippen molar-refractivity contribution in [2.24, 2.45) is 23.2 Å². The monoisotopic (exact) mass is 1390 g/mol. The average molecular weight is 1400 g/mol. The summed E-state index contributed by atoms with van der Waals surface area (Å²) >= 11 is 0.705. The number of nitrogens with one attached hydrogen (secondary N) is 10. The van der Waals surface area contributed by atoms with Crippen molar-refractivity contribution in [1.29, 1.82) is 0 Å². The fraction of sp³-hybridized carbons (Fsp3) is 0.732. The Balaban J connectivity index is 1.32. The molecule has 19 N–H and O–H groups in total. The van der Waals surface area contributed by atoms with Crippen LogP contribution in [0.1, 0.15) is 118 Å². The SMILES string of the molecule is CC(NC(=O)C(CCC(=O)O)NC(=O)C(C)NC(=O)C(CCC(=O)O)NC(=O)C(C)NC(=O)C(CCC(=O)O)NC(=O)C(C)NC(=O)C(CCC(=O)O)NC(=O)C12CC3CC(CC(C3)C1)C2)C(=O)NC(CSCCS(=O)(=O)CC(=O)NC1C(O)O[C@H](CO)[C@@H](O)[C@@H]1O)C(=O)O. The van der Waals surface area contributed by atoms with Crippen LogP contribution in [0, 0.1) is 23.2 Å². The van der Waals surface area contributed by atoms with Gasteiger partial charge in [0.05, 0.1) is 12.4 Å². The number of thioether (sulfide) groups is 1. The molecule has 534 valence electrons. The molecular weight excluding hydrogens is 1310 g/mol. The molecule has 1 saturated heterocycles. The van der Waals surface area contributed by atoms with Gasteiger partial charge < -0.3 is 104 Å². The van der Waals surface area contributed by atoms with Gasteiger partial charge in [-0.1, -0.05) is 0 Å². The van der Waals surface area contributed by atoms with E-state index in [0.717, 1.165) is 40.0 Å². The van der Waals surface area contributed by atoms with E-state index in [1.807, 2.05) is 5.32 Å². The molecule has 4 saturated carbocycles. The Hall–Kier alpha value is -7.85. The standard InChI is InChI=1S/C56H86N10O27S2/c1-24(58-50(84)32(6-10-39(71)72)63-47(81)26(3)60-52(86)34(8-12-41(75)76)65-55(90)56-18-28-15-29(19-56)17-30(16-28)20-56)45(79)61-31(5-9-38(69)70)49(83)57-25(2)46(80)62-33(7-11-40(73)74)51(85)59-27(4)48(82)64-35(53(87)88)22-94-13-14-95(91,92)23-37(68)66-42-44(78)43(77)36(21-67)93-54(42)89/h24-36,42-44,54,67,77-78,89H,5-23H2,1-4H3,(H,57,83)(H,58,84)(H,59,85)(H,60,86)(H,61,79)(H,62,80)(H,63,81)(H,64,82)(H,65,90)(H,66,68)(H,69,70)(H,71,72)(H,73,74)(H,75,76)(H,87,88)/t24?,25?,26?,27?,28?,29?,30?,31?,32?,33?,34?,35?,36-,42?,43-,44-,54?,56?/m1/s1. The van der Waals surface area contributed by atoms with Crippen molar-refractivity contribution in [2.75, 3.05) is 29.6 Å². The maximum absolute atomic E-state index is 13.9. The number of aliphatic carboxylic acids is 5. The topological polar surface area (TPSA) is 602 Å². The minimum absolute atomic E-state index is 0.330. The van der Waals surface area contributed by atoms with E-state index in [9.17, 15) is 126 Å². The molecule has 5 aliphatic rings.